The maximum atomic E-state index is 10.2. The van der Waals surface area contributed by atoms with Crippen LogP contribution in [0.4, 0.5) is 0 Å². The molecule has 1 saturated heterocycles. The van der Waals surface area contributed by atoms with E-state index in [-0.39, 0.29) is 19.0 Å². The molecule has 126 valence electrons. The number of nitriles is 2. The van der Waals surface area contributed by atoms with Crippen molar-refractivity contribution in [3.8, 4) is 12.1 Å². The van der Waals surface area contributed by atoms with Crippen molar-refractivity contribution in [2.75, 3.05) is 13.2 Å². The van der Waals surface area contributed by atoms with E-state index in [1.807, 2.05) is 37.3 Å². The first-order valence-electron chi connectivity index (χ1n) is 8.02. The third-order valence-corrected chi connectivity index (χ3v) is 5.19. The van der Waals surface area contributed by atoms with Crippen LogP contribution in [-0.2, 0) is 9.47 Å². The van der Waals surface area contributed by atoms with Crippen molar-refractivity contribution in [3.63, 3.8) is 0 Å². The fourth-order valence-electron chi connectivity index (χ4n) is 4.14. The van der Waals surface area contributed by atoms with E-state index in [9.17, 15) is 10.5 Å². The van der Waals surface area contributed by atoms with Gasteiger partial charge in [-0.3, -0.25) is 0 Å². The van der Waals surface area contributed by atoms with Crippen LogP contribution in [0.2, 0.25) is 0 Å². The van der Waals surface area contributed by atoms with Crippen LogP contribution in [-0.4, -0.2) is 25.0 Å². The van der Waals surface area contributed by atoms with E-state index >= 15 is 0 Å². The highest BCUT2D eigenvalue weighted by molar-refractivity contribution is 5.95. The van der Waals surface area contributed by atoms with Crippen LogP contribution in [0.25, 0.3) is 0 Å². The normalized spacial score (nSPS) is 35.1. The zero-order valence-corrected chi connectivity index (χ0v) is 13.7. The third-order valence-electron chi connectivity index (χ3n) is 5.19. The summed E-state index contributed by atoms with van der Waals surface area (Å²) >= 11 is 0. The standard InChI is InChI=1S/C18H17N5O2/c1-12-9-16(10-19)17(11-20,14(22-12)13-5-3-2-4-6-13)15(21)23-18(16)24-7-8-25-18/h2-6,9,14,22H,7-8H2,1H3,(H2,21,23)/t14-,16+,17-/m1/s1. The van der Waals surface area contributed by atoms with Gasteiger partial charge < -0.3 is 20.5 Å². The fourth-order valence-corrected chi connectivity index (χ4v) is 4.14. The lowest BCUT2D eigenvalue weighted by Gasteiger charge is -2.47. The molecule has 3 atom stereocenters. The van der Waals surface area contributed by atoms with Crippen LogP contribution in [0.15, 0.2) is 47.1 Å². The molecule has 3 aliphatic rings. The number of fused-ring (bicyclic) bond motifs is 2. The van der Waals surface area contributed by atoms with Gasteiger partial charge in [0.15, 0.2) is 10.8 Å². The summed E-state index contributed by atoms with van der Waals surface area (Å²) in [6.07, 6.45) is 1.67. The zero-order chi connectivity index (χ0) is 17.7. The summed E-state index contributed by atoms with van der Waals surface area (Å²) in [5, 5.41) is 23.8. The summed E-state index contributed by atoms with van der Waals surface area (Å²) in [5.74, 6) is -1.54. The summed E-state index contributed by atoms with van der Waals surface area (Å²) in [5.41, 5.74) is 4.92. The van der Waals surface area contributed by atoms with E-state index in [4.69, 9.17) is 15.2 Å². The zero-order valence-electron chi connectivity index (χ0n) is 13.7. The van der Waals surface area contributed by atoms with Crippen LogP contribution in [0.1, 0.15) is 18.5 Å². The Morgan fingerprint density at radius 3 is 2.48 bits per heavy atom. The minimum atomic E-state index is -1.59. The van der Waals surface area contributed by atoms with Gasteiger partial charge in [-0.15, -0.1) is 0 Å². The first-order chi connectivity index (χ1) is 12.1. The molecule has 1 aromatic carbocycles. The average Bonchev–Trinajstić information content (AvgIpc) is 3.18. The van der Waals surface area contributed by atoms with Gasteiger partial charge in [-0.25, -0.2) is 4.99 Å². The SMILES string of the molecule is CC1=C[C@@]2(C#N)C3(N=C(N)[C@@]2(C#N)[C@@H](c2ccccc2)N1)OCCO3. The number of hydrogen-bond acceptors (Lipinski definition) is 7. The highest BCUT2D eigenvalue weighted by atomic mass is 16.8. The molecular formula is C18H17N5O2. The maximum absolute atomic E-state index is 10.2. The number of benzene rings is 1. The van der Waals surface area contributed by atoms with Crippen molar-refractivity contribution in [2.45, 2.75) is 18.9 Å². The van der Waals surface area contributed by atoms with Gasteiger partial charge in [0.2, 0.25) is 0 Å². The van der Waals surface area contributed by atoms with Crippen molar-refractivity contribution < 1.29 is 9.47 Å². The Labute approximate surface area is 145 Å². The molecule has 3 aliphatic heterocycles. The molecule has 0 amide bonds. The summed E-state index contributed by atoms with van der Waals surface area (Å²) in [4.78, 5) is 4.38. The molecule has 0 radical (unpaired) electrons. The van der Waals surface area contributed by atoms with Crippen LogP contribution >= 0.6 is 0 Å². The molecule has 25 heavy (non-hydrogen) atoms. The van der Waals surface area contributed by atoms with Gasteiger partial charge in [-0.1, -0.05) is 30.3 Å². The molecule has 7 heteroatoms. The first kappa shape index (κ1) is 15.6. The van der Waals surface area contributed by atoms with E-state index in [2.05, 4.69) is 22.4 Å². The molecule has 4 rings (SSSR count). The number of nitrogens with zero attached hydrogens (tertiary/aromatic N) is 3. The van der Waals surface area contributed by atoms with Crippen molar-refractivity contribution in [2.24, 2.45) is 21.6 Å². The highest BCUT2D eigenvalue weighted by Crippen LogP contribution is 2.63. The van der Waals surface area contributed by atoms with Gasteiger partial charge in [0.1, 0.15) is 5.84 Å². The smallest absolute Gasteiger partial charge is 0.296 e. The minimum Gasteiger partial charge on any atom is -0.386 e. The Morgan fingerprint density at radius 2 is 1.88 bits per heavy atom. The number of hydrogen-bond donors (Lipinski definition) is 2. The van der Waals surface area contributed by atoms with E-state index in [0.29, 0.717) is 0 Å². The second-order valence-electron chi connectivity index (χ2n) is 6.43. The van der Waals surface area contributed by atoms with E-state index in [1.54, 1.807) is 6.08 Å². The van der Waals surface area contributed by atoms with E-state index in [1.165, 1.54) is 0 Å². The molecule has 0 aromatic heterocycles. The molecule has 0 bridgehead atoms. The molecule has 3 N–H and O–H groups in total. The van der Waals surface area contributed by atoms with Crippen molar-refractivity contribution in [1.29, 1.82) is 10.5 Å². The average molecular weight is 335 g/mol. The number of rotatable bonds is 1. The van der Waals surface area contributed by atoms with E-state index in [0.717, 1.165) is 11.3 Å². The second kappa shape index (κ2) is 5.06. The molecule has 0 aliphatic carbocycles. The van der Waals surface area contributed by atoms with Crippen molar-refractivity contribution in [1.82, 2.24) is 5.32 Å². The van der Waals surface area contributed by atoms with Crippen LogP contribution in [0.3, 0.4) is 0 Å². The lowest BCUT2D eigenvalue weighted by Crippen LogP contribution is -2.61. The number of amidine groups is 1. The molecule has 1 fully saturated rings. The molecule has 3 heterocycles. The Bertz CT molecular complexity index is 860. The van der Waals surface area contributed by atoms with Gasteiger partial charge in [0.25, 0.3) is 5.91 Å². The lowest BCUT2D eigenvalue weighted by atomic mass is 9.57. The van der Waals surface area contributed by atoms with Gasteiger partial charge >= 0.3 is 0 Å². The van der Waals surface area contributed by atoms with E-state index < -0.39 is 22.8 Å². The Kier molecular flexibility index (Phi) is 3.17. The fraction of sp³-hybridized carbons (Fsp3) is 0.389. The van der Waals surface area contributed by atoms with Gasteiger partial charge in [0.05, 0.1) is 31.4 Å². The molecule has 0 saturated carbocycles. The molecular weight excluding hydrogens is 318 g/mol. The monoisotopic (exact) mass is 335 g/mol. The molecule has 7 nitrogen and oxygen atoms in total. The summed E-state index contributed by atoms with van der Waals surface area (Å²) in [6.45, 7) is 2.42. The van der Waals surface area contributed by atoms with Gasteiger partial charge in [-0.05, 0) is 18.6 Å². The Hall–Kier alpha value is -2.87. The first-order valence-corrected chi connectivity index (χ1v) is 8.02. The lowest BCUT2D eigenvalue weighted by molar-refractivity contribution is -0.208. The second-order valence-corrected chi connectivity index (χ2v) is 6.43. The Morgan fingerprint density at radius 1 is 1.20 bits per heavy atom. The quantitative estimate of drug-likeness (QED) is 0.799. The molecule has 1 spiro atoms. The number of allylic oxidation sites excluding steroid dienone is 1. The molecule has 0 unspecified atom stereocenters. The summed E-state index contributed by atoms with van der Waals surface area (Å²) < 4.78 is 11.5. The molecule has 1 aromatic rings. The highest BCUT2D eigenvalue weighted by Gasteiger charge is 2.77. The van der Waals surface area contributed by atoms with Crippen LogP contribution in [0.5, 0.6) is 0 Å². The van der Waals surface area contributed by atoms with Crippen molar-refractivity contribution in [3.05, 3.63) is 47.7 Å². The number of nitrogens with two attached hydrogens (primary N) is 1. The number of aliphatic imine (C=N–C) groups is 1. The largest absolute Gasteiger partial charge is 0.386 e. The summed E-state index contributed by atoms with van der Waals surface area (Å²) in [7, 11) is 0. The number of nitrogens with one attached hydrogen (secondary N) is 1. The van der Waals surface area contributed by atoms with Crippen LogP contribution in [0, 0.1) is 33.5 Å². The topological polar surface area (TPSA) is 116 Å². The predicted molar refractivity (Wildman–Crippen MR) is 88.4 cm³/mol. The minimum absolute atomic E-state index is 0.0450. The van der Waals surface area contributed by atoms with Gasteiger partial charge in [-0.2, -0.15) is 10.5 Å². The Balaban J connectivity index is 2.03. The third kappa shape index (κ3) is 1.67. The number of ether oxygens (including phenoxy) is 2. The van der Waals surface area contributed by atoms with Gasteiger partial charge in [0, 0.05) is 5.70 Å². The van der Waals surface area contributed by atoms with Crippen molar-refractivity contribution >= 4 is 5.84 Å². The van der Waals surface area contributed by atoms with Crippen LogP contribution < -0.4 is 11.1 Å². The maximum Gasteiger partial charge on any atom is 0.296 e. The summed E-state index contributed by atoms with van der Waals surface area (Å²) in [6, 6.07) is 13.5. The predicted octanol–water partition coefficient (Wildman–Crippen LogP) is 1.33.